The molecule has 1 aromatic carbocycles. The van der Waals surface area contributed by atoms with Crippen molar-refractivity contribution >= 4 is 34.9 Å². The van der Waals surface area contributed by atoms with Gasteiger partial charge in [0.2, 0.25) is 5.91 Å². The zero-order valence-electron chi connectivity index (χ0n) is 14.4. The molecule has 0 unspecified atom stereocenters. The summed E-state index contributed by atoms with van der Waals surface area (Å²) in [5, 5.41) is 1.30. The van der Waals surface area contributed by atoms with Crippen molar-refractivity contribution in [1.29, 1.82) is 0 Å². The highest BCUT2D eigenvalue weighted by molar-refractivity contribution is 6.30. The molecule has 0 atom stereocenters. The second kappa shape index (κ2) is 7.22. The molecule has 0 bridgehead atoms. The van der Waals surface area contributed by atoms with E-state index in [4.69, 9.17) is 23.2 Å². The summed E-state index contributed by atoms with van der Waals surface area (Å²) in [5.74, 6) is 1.03. The molecule has 1 aliphatic heterocycles. The topological polar surface area (TPSA) is 36.4 Å². The van der Waals surface area contributed by atoms with Crippen LogP contribution >= 0.6 is 23.2 Å². The van der Waals surface area contributed by atoms with E-state index in [2.05, 4.69) is 9.88 Å². The number of nitrogens with zero attached hydrogens (tertiary/aromatic N) is 3. The first-order chi connectivity index (χ1) is 11.9. The van der Waals surface area contributed by atoms with Crippen molar-refractivity contribution in [3.05, 3.63) is 58.2 Å². The first-order valence-corrected chi connectivity index (χ1v) is 9.05. The van der Waals surface area contributed by atoms with E-state index in [1.807, 2.05) is 55.1 Å². The van der Waals surface area contributed by atoms with Crippen LogP contribution in [0.5, 0.6) is 0 Å². The summed E-state index contributed by atoms with van der Waals surface area (Å²) in [6.45, 7) is 6.81. The van der Waals surface area contributed by atoms with E-state index in [1.54, 1.807) is 6.20 Å². The molecule has 1 fully saturated rings. The zero-order valence-corrected chi connectivity index (χ0v) is 15.9. The maximum absolute atomic E-state index is 13.0. The van der Waals surface area contributed by atoms with Crippen molar-refractivity contribution in [3.63, 3.8) is 0 Å². The Labute approximate surface area is 158 Å². The summed E-state index contributed by atoms with van der Waals surface area (Å²) < 4.78 is 0. The third-order valence-corrected chi connectivity index (χ3v) is 5.18. The number of halogens is 2. The van der Waals surface area contributed by atoms with Crippen molar-refractivity contribution in [2.75, 3.05) is 31.1 Å². The zero-order chi connectivity index (χ0) is 18.0. The van der Waals surface area contributed by atoms with Crippen LogP contribution in [0, 0.1) is 0 Å². The number of aromatic nitrogens is 1. The average molecular weight is 378 g/mol. The lowest BCUT2D eigenvalue weighted by Gasteiger charge is -2.39. The number of hydrogen-bond acceptors (Lipinski definition) is 3. The first-order valence-electron chi connectivity index (χ1n) is 8.30. The second-order valence-electron chi connectivity index (χ2n) is 6.75. The SMILES string of the molecule is CC(C)(C(=O)N1CCN(c2ccc(Cl)cn2)CC1)c1ccc(Cl)cc1. The number of carbonyl (C=O) groups is 1. The summed E-state index contributed by atoms with van der Waals surface area (Å²) in [7, 11) is 0. The van der Waals surface area contributed by atoms with Gasteiger partial charge in [0.1, 0.15) is 5.82 Å². The lowest BCUT2D eigenvalue weighted by Crippen LogP contribution is -2.53. The molecule has 0 radical (unpaired) electrons. The second-order valence-corrected chi connectivity index (χ2v) is 7.62. The minimum Gasteiger partial charge on any atom is -0.353 e. The molecule has 1 saturated heterocycles. The van der Waals surface area contributed by atoms with E-state index in [1.165, 1.54) is 0 Å². The van der Waals surface area contributed by atoms with Crippen molar-refractivity contribution in [3.8, 4) is 0 Å². The first kappa shape index (κ1) is 18.0. The standard InChI is InChI=1S/C19H21Cl2N3O/c1-19(2,14-3-5-15(20)6-4-14)18(25)24-11-9-23(10-12-24)17-8-7-16(21)13-22-17/h3-8,13H,9-12H2,1-2H3. The number of amides is 1. The summed E-state index contributed by atoms with van der Waals surface area (Å²) in [5.41, 5.74) is 0.398. The van der Waals surface area contributed by atoms with E-state index in [9.17, 15) is 4.79 Å². The molecule has 3 rings (SSSR count). The molecule has 1 aromatic heterocycles. The van der Waals surface area contributed by atoms with Crippen molar-refractivity contribution in [2.24, 2.45) is 0 Å². The lowest BCUT2D eigenvalue weighted by atomic mass is 9.83. The van der Waals surface area contributed by atoms with Gasteiger partial charge in [-0.25, -0.2) is 4.98 Å². The Balaban J connectivity index is 1.66. The highest BCUT2D eigenvalue weighted by Crippen LogP contribution is 2.28. The van der Waals surface area contributed by atoms with Crippen molar-refractivity contribution in [1.82, 2.24) is 9.88 Å². The Kier molecular flexibility index (Phi) is 5.21. The van der Waals surface area contributed by atoms with Crippen LogP contribution in [0.2, 0.25) is 10.0 Å². The van der Waals surface area contributed by atoms with Gasteiger partial charge in [-0.05, 0) is 43.7 Å². The summed E-state index contributed by atoms with van der Waals surface area (Å²) in [4.78, 5) is 21.5. The number of anilines is 1. The van der Waals surface area contributed by atoms with Crippen LogP contribution in [0.25, 0.3) is 0 Å². The number of piperazine rings is 1. The molecule has 4 nitrogen and oxygen atoms in total. The molecule has 1 aliphatic rings. The fraction of sp³-hybridized carbons (Fsp3) is 0.368. The molecule has 132 valence electrons. The number of pyridine rings is 1. The van der Waals surface area contributed by atoms with Gasteiger partial charge in [-0.15, -0.1) is 0 Å². The normalized spacial score (nSPS) is 15.4. The molecule has 25 heavy (non-hydrogen) atoms. The maximum atomic E-state index is 13.0. The van der Waals surface area contributed by atoms with E-state index in [-0.39, 0.29) is 5.91 Å². The van der Waals surface area contributed by atoms with Crippen LogP contribution in [0.4, 0.5) is 5.82 Å². The van der Waals surface area contributed by atoms with Crippen LogP contribution < -0.4 is 4.90 Å². The number of rotatable bonds is 3. The molecular formula is C19H21Cl2N3O. The molecule has 0 saturated carbocycles. The maximum Gasteiger partial charge on any atom is 0.232 e. The predicted molar refractivity (Wildman–Crippen MR) is 103 cm³/mol. The monoisotopic (exact) mass is 377 g/mol. The Bertz CT molecular complexity index is 736. The average Bonchev–Trinajstić information content (AvgIpc) is 2.62. The third-order valence-electron chi connectivity index (χ3n) is 4.70. The summed E-state index contributed by atoms with van der Waals surface area (Å²) in [6, 6.07) is 11.3. The van der Waals surface area contributed by atoms with Crippen LogP contribution in [-0.2, 0) is 10.2 Å². The van der Waals surface area contributed by atoms with Crippen LogP contribution in [-0.4, -0.2) is 42.0 Å². The van der Waals surface area contributed by atoms with Gasteiger partial charge in [0.15, 0.2) is 0 Å². The van der Waals surface area contributed by atoms with Gasteiger partial charge < -0.3 is 9.80 Å². The molecule has 2 heterocycles. The van der Waals surface area contributed by atoms with E-state index in [0.29, 0.717) is 23.1 Å². The van der Waals surface area contributed by atoms with Gasteiger partial charge in [0.05, 0.1) is 10.4 Å². The Hall–Kier alpha value is -1.78. The van der Waals surface area contributed by atoms with Crippen molar-refractivity contribution in [2.45, 2.75) is 19.3 Å². The fourth-order valence-electron chi connectivity index (χ4n) is 3.08. The highest BCUT2D eigenvalue weighted by Gasteiger charge is 2.35. The Morgan fingerprint density at radius 3 is 2.12 bits per heavy atom. The van der Waals surface area contributed by atoms with Gasteiger partial charge in [-0.3, -0.25) is 4.79 Å². The smallest absolute Gasteiger partial charge is 0.232 e. The molecular weight excluding hydrogens is 357 g/mol. The molecule has 2 aromatic rings. The molecule has 6 heteroatoms. The lowest BCUT2D eigenvalue weighted by molar-refractivity contribution is -0.136. The summed E-state index contributed by atoms with van der Waals surface area (Å²) in [6.07, 6.45) is 1.65. The van der Waals surface area contributed by atoms with Gasteiger partial charge in [0.25, 0.3) is 0 Å². The highest BCUT2D eigenvalue weighted by atomic mass is 35.5. The molecule has 0 aliphatic carbocycles. The Morgan fingerprint density at radius 2 is 1.56 bits per heavy atom. The summed E-state index contributed by atoms with van der Waals surface area (Å²) >= 11 is 11.9. The third kappa shape index (κ3) is 3.91. The van der Waals surface area contributed by atoms with Crippen LogP contribution in [0.15, 0.2) is 42.6 Å². The van der Waals surface area contributed by atoms with Gasteiger partial charge in [0, 0.05) is 37.4 Å². The van der Waals surface area contributed by atoms with Crippen LogP contribution in [0.3, 0.4) is 0 Å². The number of hydrogen-bond donors (Lipinski definition) is 0. The fourth-order valence-corrected chi connectivity index (χ4v) is 3.32. The van der Waals surface area contributed by atoms with E-state index < -0.39 is 5.41 Å². The van der Waals surface area contributed by atoms with Crippen molar-refractivity contribution < 1.29 is 4.79 Å². The minimum absolute atomic E-state index is 0.138. The molecule has 0 N–H and O–H groups in total. The number of benzene rings is 1. The minimum atomic E-state index is -0.578. The number of carbonyl (C=O) groups excluding carboxylic acids is 1. The predicted octanol–water partition coefficient (Wildman–Crippen LogP) is 4.01. The Morgan fingerprint density at radius 1 is 0.960 bits per heavy atom. The van der Waals surface area contributed by atoms with Gasteiger partial charge >= 0.3 is 0 Å². The largest absolute Gasteiger partial charge is 0.353 e. The van der Waals surface area contributed by atoms with E-state index >= 15 is 0 Å². The molecule has 0 spiro atoms. The van der Waals surface area contributed by atoms with Gasteiger partial charge in [-0.2, -0.15) is 0 Å². The van der Waals surface area contributed by atoms with Crippen LogP contribution in [0.1, 0.15) is 19.4 Å². The quantitative estimate of drug-likeness (QED) is 0.810. The van der Waals surface area contributed by atoms with E-state index in [0.717, 1.165) is 24.5 Å². The molecule has 1 amide bonds. The van der Waals surface area contributed by atoms with Gasteiger partial charge in [-0.1, -0.05) is 35.3 Å².